The second-order valence-corrected chi connectivity index (χ2v) is 5.50. The lowest BCUT2D eigenvalue weighted by atomic mass is 10.2. The number of hydrogen-bond donors (Lipinski definition) is 3. The lowest BCUT2D eigenvalue weighted by molar-refractivity contribution is -0.128. The number of para-hydroxylation sites is 1. The Kier molecular flexibility index (Phi) is 6.73. The highest BCUT2D eigenvalue weighted by Crippen LogP contribution is 2.11. The first-order valence-corrected chi connectivity index (χ1v) is 8.21. The number of carbonyl (C=O) groups is 3. The molecule has 0 saturated carbocycles. The van der Waals surface area contributed by atoms with Crippen molar-refractivity contribution in [1.29, 1.82) is 0 Å². The minimum absolute atomic E-state index is 0.109. The summed E-state index contributed by atoms with van der Waals surface area (Å²) < 4.78 is 5.47. The van der Waals surface area contributed by atoms with Crippen LogP contribution in [0.15, 0.2) is 54.6 Å². The summed E-state index contributed by atoms with van der Waals surface area (Å²) in [4.78, 5) is 35.4. The van der Waals surface area contributed by atoms with E-state index in [1.54, 1.807) is 62.4 Å². The fourth-order valence-electron chi connectivity index (χ4n) is 2.00. The van der Waals surface area contributed by atoms with E-state index in [9.17, 15) is 14.4 Å². The van der Waals surface area contributed by atoms with Crippen LogP contribution < -0.4 is 20.9 Å². The second kappa shape index (κ2) is 9.22. The predicted octanol–water partition coefficient (Wildman–Crippen LogP) is 2.26. The third kappa shape index (κ3) is 5.62. The Labute approximate surface area is 151 Å². The summed E-state index contributed by atoms with van der Waals surface area (Å²) in [5, 5.41) is 2.69. The van der Waals surface area contributed by atoms with Gasteiger partial charge in [-0.05, 0) is 43.3 Å². The molecule has 2 aromatic carbocycles. The smallest absolute Gasteiger partial charge is 0.279 e. The largest absolute Gasteiger partial charge is 0.481 e. The van der Waals surface area contributed by atoms with E-state index < -0.39 is 17.9 Å². The number of amides is 3. The van der Waals surface area contributed by atoms with Crippen LogP contribution in [0.5, 0.6) is 5.75 Å². The van der Waals surface area contributed by atoms with Gasteiger partial charge >= 0.3 is 0 Å². The number of hydrazine groups is 1. The van der Waals surface area contributed by atoms with Gasteiger partial charge in [0.15, 0.2) is 6.10 Å². The van der Waals surface area contributed by atoms with Crippen LogP contribution in [0.2, 0.25) is 0 Å². The number of nitrogens with one attached hydrogen (secondary N) is 3. The van der Waals surface area contributed by atoms with E-state index >= 15 is 0 Å². The number of benzene rings is 2. The van der Waals surface area contributed by atoms with Crippen LogP contribution in [-0.4, -0.2) is 23.8 Å². The zero-order valence-electron chi connectivity index (χ0n) is 14.6. The van der Waals surface area contributed by atoms with Crippen molar-refractivity contribution in [3.05, 3.63) is 60.2 Å². The Balaban J connectivity index is 1.83. The van der Waals surface area contributed by atoms with E-state index in [1.165, 1.54) is 0 Å². The number of hydrogen-bond acceptors (Lipinski definition) is 4. The Morgan fingerprint density at radius 3 is 2.23 bits per heavy atom. The number of anilines is 1. The van der Waals surface area contributed by atoms with Gasteiger partial charge in [-0.3, -0.25) is 25.2 Å². The summed E-state index contributed by atoms with van der Waals surface area (Å²) in [5.74, 6) is -0.499. The highest BCUT2D eigenvalue weighted by atomic mass is 16.5. The zero-order valence-corrected chi connectivity index (χ0v) is 14.6. The van der Waals surface area contributed by atoms with Crippen LogP contribution in [0.1, 0.15) is 30.6 Å². The number of rotatable bonds is 6. The van der Waals surface area contributed by atoms with Crippen LogP contribution in [0.4, 0.5) is 5.69 Å². The molecule has 0 heterocycles. The molecule has 0 aliphatic heterocycles. The standard InChI is InChI=1S/C19H21N3O4/c1-3-17(23)20-15-11-9-14(10-12-15)19(25)22-21-18(24)13(2)26-16-7-5-4-6-8-16/h4-13H,3H2,1-2H3,(H,20,23)(H,21,24)(H,22,25). The maximum absolute atomic E-state index is 12.1. The van der Waals surface area contributed by atoms with E-state index in [-0.39, 0.29) is 5.91 Å². The molecular weight excluding hydrogens is 334 g/mol. The van der Waals surface area contributed by atoms with Crippen molar-refractivity contribution in [3.8, 4) is 5.75 Å². The van der Waals surface area contributed by atoms with E-state index in [0.29, 0.717) is 23.4 Å². The second-order valence-electron chi connectivity index (χ2n) is 5.50. The van der Waals surface area contributed by atoms with Crippen LogP contribution in [0.25, 0.3) is 0 Å². The van der Waals surface area contributed by atoms with Gasteiger partial charge in [0.2, 0.25) is 5.91 Å². The monoisotopic (exact) mass is 355 g/mol. The van der Waals surface area contributed by atoms with Gasteiger partial charge in [-0.15, -0.1) is 0 Å². The van der Waals surface area contributed by atoms with Crippen LogP contribution in [0.3, 0.4) is 0 Å². The molecule has 1 unspecified atom stereocenters. The molecule has 0 spiro atoms. The van der Waals surface area contributed by atoms with Crippen molar-refractivity contribution in [1.82, 2.24) is 10.9 Å². The Hall–Kier alpha value is -3.35. The van der Waals surface area contributed by atoms with Gasteiger partial charge in [-0.1, -0.05) is 25.1 Å². The zero-order chi connectivity index (χ0) is 18.9. The Morgan fingerprint density at radius 1 is 0.962 bits per heavy atom. The Morgan fingerprint density at radius 2 is 1.62 bits per heavy atom. The van der Waals surface area contributed by atoms with Gasteiger partial charge in [0.1, 0.15) is 5.75 Å². The van der Waals surface area contributed by atoms with Crippen molar-refractivity contribution >= 4 is 23.4 Å². The average Bonchev–Trinajstić information content (AvgIpc) is 2.67. The van der Waals surface area contributed by atoms with Gasteiger partial charge in [-0.25, -0.2) is 0 Å². The molecule has 1 atom stereocenters. The van der Waals surface area contributed by atoms with Crippen LogP contribution >= 0.6 is 0 Å². The molecule has 136 valence electrons. The molecule has 7 heteroatoms. The molecule has 0 aliphatic rings. The van der Waals surface area contributed by atoms with Gasteiger partial charge in [0.05, 0.1) is 0 Å². The fourth-order valence-corrected chi connectivity index (χ4v) is 2.00. The average molecular weight is 355 g/mol. The van der Waals surface area contributed by atoms with E-state index in [4.69, 9.17) is 4.74 Å². The lowest BCUT2D eigenvalue weighted by Crippen LogP contribution is -2.47. The quantitative estimate of drug-likeness (QED) is 0.693. The minimum Gasteiger partial charge on any atom is -0.481 e. The first kappa shape index (κ1) is 19.0. The summed E-state index contributed by atoms with van der Waals surface area (Å²) in [6, 6.07) is 15.3. The fraction of sp³-hybridized carbons (Fsp3) is 0.211. The molecule has 0 fully saturated rings. The van der Waals surface area contributed by atoms with Gasteiger partial charge in [-0.2, -0.15) is 0 Å². The van der Waals surface area contributed by atoms with Crippen LogP contribution in [-0.2, 0) is 9.59 Å². The topological polar surface area (TPSA) is 96.5 Å². The molecule has 3 N–H and O–H groups in total. The summed E-state index contributed by atoms with van der Waals surface area (Å²) in [7, 11) is 0. The molecule has 0 saturated heterocycles. The summed E-state index contributed by atoms with van der Waals surface area (Å²) >= 11 is 0. The highest BCUT2D eigenvalue weighted by molar-refractivity contribution is 5.97. The van der Waals surface area contributed by atoms with E-state index in [0.717, 1.165) is 0 Å². The van der Waals surface area contributed by atoms with Crippen LogP contribution in [0, 0.1) is 0 Å². The minimum atomic E-state index is -0.774. The predicted molar refractivity (Wildman–Crippen MR) is 97.5 cm³/mol. The molecule has 0 radical (unpaired) electrons. The SMILES string of the molecule is CCC(=O)Nc1ccc(C(=O)NNC(=O)C(C)Oc2ccccc2)cc1. The first-order chi connectivity index (χ1) is 12.5. The van der Waals surface area contributed by atoms with Gasteiger partial charge in [0.25, 0.3) is 11.8 Å². The maximum Gasteiger partial charge on any atom is 0.279 e. The molecule has 2 aromatic rings. The highest BCUT2D eigenvalue weighted by Gasteiger charge is 2.15. The molecule has 0 aliphatic carbocycles. The molecular formula is C19H21N3O4. The lowest BCUT2D eigenvalue weighted by Gasteiger charge is -2.15. The van der Waals surface area contributed by atoms with Gasteiger partial charge < -0.3 is 10.1 Å². The molecule has 3 amide bonds. The Bertz CT molecular complexity index is 760. The normalized spacial score (nSPS) is 11.2. The van der Waals surface area contributed by atoms with Crippen molar-refractivity contribution < 1.29 is 19.1 Å². The number of carbonyl (C=O) groups excluding carboxylic acids is 3. The van der Waals surface area contributed by atoms with Crippen molar-refractivity contribution in [2.45, 2.75) is 26.4 Å². The molecule has 0 aromatic heterocycles. The summed E-state index contributed by atoms with van der Waals surface area (Å²) in [6.07, 6.45) is -0.401. The van der Waals surface area contributed by atoms with Crippen molar-refractivity contribution in [3.63, 3.8) is 0 Å². The maximum atomic E-state index is 12.1. The summed E-state index contributed by atoms with van der Waals surface area (Å²) in [5.41, 5.74) is 5.60. The van der Waals surface area contributed by atoms with Gasteiger partial charge in [0, 0.05) is 17.7 Å². The third-order valence-electron chi connectivity index (χ3n) is 3.48. The molecule has 7 nitrogen and oxygen atoms in total. The third-order valence-corrected chi connectivity index (χ3v) is 3.48. The summed E-state index contributed by atoms with van der Waals surface area (Å²) in [6.45, 7) is 3.34. The molecule has 26 heavy (non-hydrogen) atoms. The van der Waals surface area contributed by atoms with Crippen molar-refractivity contribution in [2.24, 2.45) is 0 Å². The number of ether oxygens (including phenoxy) is 1. The van der Waals surface area contributed by atoms with Crippen molar-refractivity contribution in [2.75, 3.05) is 5.32 Å². The molecule has 2 rings (SSSR count). The molecule has 0 bridgehead atoms. The van der Waals surface area contributed by atoms with E-state index in [1.807, 2.05) is 6.07 Å². The first-order valence-electron chi connectivity index (χ1n) is 8.21. The van der Waals surface area contributed by atoms with E-state index in [2.05, 4.69) is 16.2 Å².